The number of anilines is 1. The molecule has 0 saturated carbocycles. The molecule has 4 aromatic rings. The molecule has 0 unspecified atom stereocenters. The van der Waals surface area contributed by atoms with Gasteiger partial charge in [-0.05, 0) is 53.6 Å². The number of benzene rings is 2. The van der Waals surface area contributed by atoms with Gasteiger partial charge in [-0.3, -0.25) is 4.98 Å². The van der Waals surface area contributed by atoms with E-state index < -0.39 is 0 Å². The second-order valence-electron chi connectivity index (χ2n) is 8.40. The van der Waals surface area contributed by atoms with Crippen LogP contribution in [0.2, 0.25) is 0 Å². The summed E-state index contributed by atoms with van der Waals surface area (Å²) in [4.78, 5) is 18.7. The van der Waals surface area contributed by atoms with E-state index in [4.69, 9.17) is 14.2 Å². The maximum absolute atomic E-state index is 12.4. The van der Waals surface area contributed by atoms with Gasteiger partial charge in [-0.15, -0.1) is 0 Å². The van der Waals surface area contributed by atoms with E-state index in [9.17, 15) is 4.79 Å². The van der Waals surface area contributed by atoms with Gasteiger partial charge in [-0.2, -0.15) is 0 Å². The Kier molecular flexibility index (Phi) is 6.77. The van der Waals surface area contributed by atoms with E-state index in [1.807, 2.05) is 83.8 Å². The van der Waals surface area contributed by atoms with Crippen molar-refractivity contribution < 1.29 is 19.0 Å². The topological polar surface area (TPSA) is 65.8 Å². The Balaban J connectivity index is 1.18. The molecule has 1 aliphatic heterocycles. The van der Waals surface area contributed by atoms with Crippen LogP contribution in [0.3, 0.4) is 0 Å². The van der Waals surface area contributed by atoms with Crippen molar-refractivity contribution in [2.45, 2.75) is 19.3 Å². The molecule has 1 fully saturated rings. The Hall–Kier alpha value is -4.10. The Morgan fingerprint density at radius 1 is 0.943 bits per heavy atom. The zero-order chi connectivity index (χ0) is 24.0. The summed E-state index contributed by atoms with van der Waals surface area (Å²) in [5.74, 6) is 0.480. The summed E-state index contributed by atoms with van der Waals surface area (Å²) < 4.78 is 18.9. The van der Waals surface area contributed by atoms with Crippen LogP contribution in [0.5, 0.6) is 5.75 Å². The number of nitrogens with zero attached hydrogens (tertiary/aromatic N) is 3. The molecule has 0 amide bonds. The fourth-order valence-electron chi connectivity index (χ4n) is 4.15. The van der Waals surface area contributed by atoms with Crippen LogP contribution in [0.4, 0.5) is 5.69 Å². The van der Waals surface area contributed by atoms with Gasteiger partial charge < -0.3 is 23.7 Å². The third-order valence-corrected chi connectivity index (χ3v) is 5.96. The molecule has 2 aromatic carbocycles. The van der Waals surface area contributed by atoms with Crippen molar-refractivity contribution in [1.29, 1.82) is 0 Å². The number of para-hydroxylation sites is 1. The second kappa shape index (κ2) is 10.4. The van der Waals surface area contributed by atoms with Crippen LogP contribution in [0.15, 0.2) is 91.5 Å². The van der Waals surface area contributed by atoms with E-state index in [0.29, 0.717) is 18.8 Å². The Bertz CT molecular complexity index is 1250. The molecular formula is C28H27N3O4. The number of carbonyl (C=O) groups is 1. The Labute approximate surface area is 204 Å². The van der Waals surface area contributed by atoms with Crippen LogP contribution >= 0.6 is 0 Å². The maximum Gasteiger partial charge on any atom is 0.340 e. The first-order chi connectivity index (χ1) is 17.2. The highest BCUT2D eigenvalue weighted by Gasteiger charge is 2.32. The summed E-state index contributed by atoms with van der Waals surface area (Å²) in [5, 5.41) is 0. The molecule has 7 nitrogen and oxygen atoms in total. The fraction of sp³-hybridized carbons (Fsp3) is 0.214. The van der Waals surface area contributed by atoms with Crippen molar-refractivity contribution in [3.8, 4) is 11.4 Å². The predicted molar refractivity (Wildman–Crippen MR) is 133 cm³/mol. The van der Waals surface area contributed by atoms with Gasteiger partial charge in [-0.1, -0.05) is 24.3 Å². The molecular weight excluding hydrogens is 442 g/mol. The van der Waals surface area contributed by atoms with Crippen LogP contribution in [0.1, 0.15) is 21.5 Å². The minimum absolute atomic E-state index is 0.0713. The zero-order valence-corrected chi connectivity index (χ0v) is 19.5. The number of ether oxygens (including phenoxy) is 3. The number of carbonyl (C=O) groups excluding carboxylic acids is 1. The zero-order valence-electron chi connectivity index (χ0n) is 19.5. The number of hydrogen-bond acceptors (Lipinski definition) is 6. The van der Waals surface area contributed by atoms with Gasteiger partial charge >= 0.3 is 5.97 Å². The number of pyridine rings is 1. The third kappa shape index (κ3) is 5.20. The summed E-state index contributed by atoms with van der Waals surface area (Å²) in [6.07, 6.45) is 7.50. The number of rotatable bonds is 9. The molecule has 35 heavy (non-hydrogen) atoms. The number of esters is 1. The van der Waals surface area contributed by atoms with E-state index in [2.05, 4.69) is 9.88 Å². The summed E-state index contributed by atoms with van der Waals surface area (Å²) >= 11 is 0. The van der Waals surface area contributed by atoms with Crippen LogP contribution in [0, 0.1) is 0 Å². The Morgan fingerprint density at radius 3 is 2.43 bits per heavy atom. The lowest BCUT2D eigenvalue weighted by molar-refractivity contribution is 0.0600. The van der Waals surface area contributed by atoms with E-state index in [1.165, 1.54) is 7.11 Å². The fourth-order valence-corrected chi connectivity index (χ4v) is 4.15. The molecule has 0 aliphatic carbocycles. The van der Waals surface area contributed by atoms with Crippen molar-refractivity contribution in [2.24, 2.45) is 0 Å². The molecule has 2 aromatic heterocycles. The average molecular weight is 470 g/mol. The minimum Gasteiger partial charge on any atom is -0.487 e. The summed E-state index contributed by atoms with van der Waals surface area (Å²) in [7, 11) is 1.40. The number of aromatic nitrogens is 2. The molecule has 0 atom stereocenters. The first-order valence-corrected chi connectivity index (χ1v) is 11.5. The smallest absolute Gasteiger partial charge is 0.340 e. The molecule has 5 rings (SSSR count). The summed E-state index contributed by atoms with van der Waals surface area (Å²) in [5.41, 5.74) is 4.47. The monoisotopic (exact) mass is 469 g/mol. The molecule has 178 valence electrons. The van der Waals surface area contributed by atoms with Crippen molar-refractivity contribution in [2.75, 3.05) is 25.1 Å². The highest BCUT2D eigenvalue weighted by atomic mass is 16.5. The molecule has 1 aliphatic rings. The molecule has 0 spiro atoms. The lowest BCUT2D eigenvalue weighted by Crippen LogP contribution is -2.54. The van der Waals surface area contributed by atoms with Crippen LogP contribution in [-0.4, -0.2) is 41.8 Å². The van der Waals surface area contributed by atoms with Crippen LogP contribution in [-0.2, 0) is 22.7 Å². The van der Waals surface area contributed by atoms with Crippen LogP contribution in [0.25, 0.3) is 5.69 Å². The quantitative estimate of drug-likeness (QED) is 0.333. The van der Waals surface area contributed by atoms with Gasteiger partial charge in [0.2, 0.25) is 0 Å². The minimum atomic E-state index is -0.353. The highest BCUT2D eigenvalue weighted by Crippen LogP contribution is 2.33. The standard InChI is InChI=1S/C28H27N3O4/c1-33-28(32)25-7-4-8-26(27(25)30-14-2-3-15-30)31-17-24(18-31)35-23-11-9-21(10-12-23)19-34-20-22-6-5-13-29-16-22/h2-16,24H,17-20H2,1H3. The molecule has 0 N–H and O–H groups in total. The largest absolute Gasteiger partial charge is 0.487 e. The van der Waals surface area contributed by atoms with Crippen LogP contribution < -0.4 is 9.64 Å². The lowest BCUT2D eigenvalue weighted by atomic mass is 10.1. The van der Waals surface area contributed by atoms with Crippen molar-refractivity contribution >= 4 is 11.7 Å². The molecule has 0 radical (unpaired) electrons. The maximum atomic E-state index is 12.4. The normalized spacial score (nSPS) is 13.3. The molecule has 1 saturated heterocycles. The predicted octanol–water partition coefficient (Wildman–Crippen LogP) is 4.64. The second-order valence-corrected chi connectivity index (χ2v) is 8.40. The van der Waals surface area contributed by atoms with Gasteiger partial charge in [0.05, 0.1) is 50.4 Å². The summed E-state index contributed by atoms with van der Waals surface area (Å²) in [6, 6.07) is 21.5. The van der Waals surface area contributed by atoms with E-state index in [-0.39, 0.29) is 12.1 Å². The third-order valence-electron chi connectivity index (χ3n) is 5.96. The average Bonchev–Trinajstić information content (AvgIpc) is 3.41. The molecule has 7 heteroatoms. The molecule has 3 heterocycles. The van der Waals surface area contributed by atoms with Crippen molar-refractivity contribution in [1.82, 2.24) is 9.55 Å². The first-order valence-electron chi connectivity index (χ1n) is 11.5. The SMILES string of the molecule is COC(=O)c1cccc(N2CC(Oc3ccc(COCc4cccnc4)cc3)C2)c1-n1cccc1. The highest BCUT2D eigenvalue weighted by molar-refractivity contribution is 5.96. The van der Waals surface area contributed by atoms with Gasteiger partial charge in [0.15, 0.2) is 0 Å². The van der Waals surface area contributed by atoms with Gasteiger partial charge in [0.1, 0.15) is 11.9 Å². The molecule has 0 bridgehead atoms. The van der Waals surface area contributed by atoms with E-state index in [0.717, 1.165) is 41.3 Å². The summed E-state index contributed by atoms with van der Waals surface area (Å²) in [6.45, 7) is 2.53. The van der Waals surface area contributed by atoms with E-state index in [1.54, 1.807) is 12.3 Å². The van der Waals surface area contributed by atoms with Gasteiger partial charge in [-0.25, -0.2) is 4.79 Å². The van der Waals surface area contributed by atoms with Gasteiger partial charge in [0.25, 0.3) is 0 Å². The first kappa shape index (κ1) is 22.7. The van der Waals surface area contributed by atoms with Gasteiger partial charge in [0, 0.05) is 24.8 Å². The van der Waals surface area contributed by atoms with E-state index >= 15 is 0 Å². The van der Waals surface area contributed by atoms with Crippen molar-refractivity contribution in [3.05, 3.63) is 108 Å². The van der Waals surface area contributed by atoms with Crippen molar-refractivity contribution in [3.63, 3.8) is 0 Å². The number of hydrogen-bond donors (Lipinski definition) is 0. The Morgan fingerprint density at radius 2 is 1.71 bits per heavy atom. The number of methoxy groups -OCH3 is 1. The lowest BCUT2D eigenvalue weighted by Gasteiger charge is -2.41.